The number of nitrogens with zero attached hydrogens (tertiary/aromatic N) is 9. The fourth-order valence-corrected chi connectivity index (χ4v) is 14.5. The first kappa shape index (κ1) is 63.1. The fourth-order valence-electron chi connectivity index (χ4n) is 14.3. The Morgan fingerprint density at radius 2 is 0.711 bits per heavy atom. The van der Waals surface area contributed by atoms with Crippen molar-refractivity contribution in [2.45, 2.75) is 114 Å². The van der Waals surface area contributed by atoms with Crippen molar-refractivity contribution in [3.8, 4) is 0 Å². The average Bonchev–Trinajstić information content (AvgIpc) is 2.16. The monoisotopic (exact) mass is 1230 g/mol. The molecule has 5 fully saturated rings. The molecule has 90 heavy (non-hydrogen) atoms. The molecule has 8 aliphatic rings. The second-order valence-corrected chi connectivity index (χ2v) is 28.7. The van der Waals surface area contributed by atoms with E-state index in [1.165, 1.54) is 77.9 Å². The molecule has 6 heterocycles. The Labute approximate surface area is 540 Å². The summed E-state index contributed by atoms with van der Waals surface area (Å²) in [5.41, 5.74) is 20.8. The van der Waals surface area contributed by atoms with Gasteiger partial charge in [-0.3, -0.25) is 29.1 Å². The molecule has 2 aliphatic carbocycles. The number of hydrogen-bond donors (Lipinski definition) is 0. The maximum atomic E-state index is 12.0. The number of ketones is 3. The molecule has 0 radical (unpaired) electrons. The fraction of sp³-hybridized carbons (Fsp3) is 0.455. The Morgan fingerprint density at radius 1 is 0.411 bits per heavy atom. The molecular weight excluding hydrogens is 1130 g/mol. The number of Topliss-reactive ketones (excluding diaryl/α,β-unsaturated/α-hetero) is 3. The minimum Gasteiger partial charge on any atom is -0.354 e. The highest BCUT2D eigenvalue weighted by molar-refractivity contribution is 6.30. The van der Waals surface area contributed by atoms with Crippen molar-refractivity contribution < 1.29 is 14.4 Å². The zero-order valence-electron chi connectivity index (χ0n) is 55.1. The lowest BCUT2D eigenvalue weighted by Crippen LogP contribution is -2.51. The highest BCUT2D eigenvalue weighted by Crippen LogP contribution is 2.48. The van der Waals surface area contributed by atoms with E-state index in [-0.39, 0.29) is 22.0 Å². The quantitative estimate of drug-likeness (QED) is 0.140. The van der Waals surface area contributed by atoms with Gasteiger partial charge in [0.2, 0.25) is 0 Å². The van der Waals surface area contributed by atoms with Crippen LogP contribution in [0.4, 0.5) is 17.1 Å². The number of carbonyl (C=O) groups excluding carboxylic acids is 3. The van der Waals surface area contributed by atoms with Crippen LogP contribution >= 0.6 is 11.6 Å². The lowest BCUT2D eigenvalue weighted by molar-refractivity contribution is -0.126. The minimum atomic E-state index is -0.289. The largest absolute Gasteiger partial charge is 0.354 e. The maximum Gasteiger partial charge on any atom is 0.137 e. The molecule has 13 heteroatoms. The first-order chi connectivity index (χ1) is 43.1. The van der Waals surface area contributed by atoms with E-state index in [2.05, 4.69) is 169 Å². The van der Waals surface area contributed by atoms with Gasteiger partial charge in [0.1, 0.15) is 34.9 Å². The van der Waals surface area contributed by atoms with Crippen molar-refractivity contribution >= 4 is 63.5 Å². The van der Waals surface area contributed by atoms with Crippen LogP contribution in [-0.2, 0) is 33.6 Å². The Balaban J connectivity index is 0.000000131. The topological polar surface area (TPSA) is 108 Å². The number of rotatable bonds is 9. The van der Waals surface area contributed by atoms with Crippen molar-refractivity contribution in [1.82, 2.24) is 29.4 Å². The van der Waals surface area contributed by atoms with Crippen LogP contribution in [-0.4, -0.2) is 162 Å². The number of hydrogen-bond acceptors (Lipinski definition) is 12. The Morgan fingerprint density at radius 3 is 1.03 bits per heavy atom. The normalized spacial score (nSPS) is 19.1. The van der Waals surface area contributed by atoms with Gasteiger partial charge >= 0.3 is 0 Å². The molecule has 6 aliphatic heterocycles. The van der Waals surface area contributed by atoms with Gasteiger partial charge < -0.3 is 14.7 Å². The summed E-state index contributed by atoms with van der Waals surface area (Å²) in [5.74, 6) is 4.26. The number of piperazine rings is 3. The van der Waals surface area contributed by atoms with Gasteiger partial charge in [-0.25, -0.2) is 15.0 Å². The molecule has 470 valence electrons. The van der Waals surface area contributed by atoms with E-state index < -0.39 is 0 Å². The van der Waals surface area contributed by atoms with Gasteiger partial charge in [-0.05, 0) is 145 Å². The van der Waals surface area contributed by atoms with E-state index >= 15 is 0 Å². The summed E-state index contributed by atoms with van der Waals surface area (Å²) in [6.07, 6.45) is 6.95. The van der Waals surface area contributed by atoms with Crippen LogP contribution in [0.1, 0.15) is 138 Å². The van der Waals surface area contributed by atoms with Crippen molar-refractivity contribution in [2.75, 3.05) is 98.2 Å². The molecule has 0 bridgehead atoms. The molecule has 0 spiro atoms. The zero-order valence-corrected chi connectivity index (χ0v) is 55.8. The lowest BCUT2D eigenvalue weighted by atomic mass is 9.88. The first-order valence-corrected chi connectivity index (χ1v) is 33.5. The van der Waals surface area contributed by atoms with Gasteiger partial charge in [-0.2, -0.15) is 0 Å². The standard InChI is InChI=1S/C26H31N3O.C26H33N3O.C25H28ClN3O/c1-18-4-6-23-21(14-18)16-22-15-19(2)5-7-24(22)27-25(23)29-12-10-28(11-13-29)17-26(8-9-26)20(3)30;1-18-6-8-23-21(14-18)16-22-15-19(2)7-9-24(22)27-25(23)29-12-10-28(11-13-29)17-26(4,5)20(3)30;1-17-3-5-22-19(13-17)14-20-15-21(26)4-6-23(20)27-24(22)29-11-9-28(10-12-29)16-25(7-8-25)18(2)30/h4-7,14-15H,8-13,16-17H2,1-3H3;6-9,14-15H,10-13,16-17H2,1-5H3;3-6,13,15H,7-12,14,16H2,1-2H3. The summed E-state index contributed by atoms with van der Waals surface area (Å²) < 4.78 is 0. The Kier molecular flexibility index (Phi) is 18.1. The summed E-state index contributed by atoms with van der Waals surface area (Å²) in [7, 11) is 0. The number of aliphatic imine (C=N–C) groups is 3. The maximum absolute atomic E-state index is 12.0. The van der Waals surface area contributed by atoms with Gasteiger partial charge in [-0.15, -0.1) is 0 Å². The number of benzene rings is 6. The molecule has 0 amide bonds. The third-order valence-electron chi connectivity index (χ3n) is 20.7. The van der Waals surface area contributed by atoms with Gasteiger partial charge in [0, 0.05) is 155 Å². The highest BCUT2D eigenvalue weighted by Gasteiger charge is 2.49. The Bertz CT molecular complexity index is 3470. The third kappa shape index (κ3) is 14.0. The summed E-state index contributed by atoms with van der Waals surface area (Å²) >= 11 is 6.28. The van der Waals surface area contributed by atoms with E-state index in [0.717, 1.165) is 183 Å². The average molecular weight is 1230 g/mol. The molecule has 6 aromatic rings. The Hall–Kier alpha value is -7.09. The van der Waals surface area contributed by atoms with Crippen molar-refractivity contribution in [3.63, 3.8) is 0 Å². The molecule has 0 aromatic heterocycles. The molecule has 2 saturated carbocycles. The smallest absolute Gasteiger partial charge is 0.137 e. The van der Waals surface area contributed by atoms with Crippen LogP contribution in [0.25, 0.3) is 0 Å². The number of carbonyl (C=O) groups is 3. The van der Waals surface area contributed by atoms with E-state index in [1.54, 1.807) is 20.8 Å². The summed E-state index contributed by atoms with van der Waals surface area (Å²) in [6.45, 7) is 34.3. The second kappa shape index (κ2) is 25.9. The molecule has 14 rings (SSSR count). The van der Waals surface area contributed by atoms with Crippen LogP contribution in [0.5, 0.6) is 0 Å². The van der Waals surface area contributed by atoms with Gasteiger partial charge in [0.05, 0.1) is 17.1 Å². The molecule has 0 unspecified atom stereocenters. The van der Waals surface area contributed by atoms with Crippen molar-refractivity contribution in [3.05, 3.63) is 192 Å². The molecule has 6 aromatic carbocycles. The predicted octanol–water partition coefficient (Wildman–Crippen LogP) is 13.4. The number of fused-ring (bicyclic) bond motifs is 6. The molecule has 0 atom stereocenters. The number of halogens is 1. The SMILES string of the molecule is CC(=O)C(C)(C)CN1CCN(C2=Nc3ccc(C)cc3Cc3cc(C)ccc32)CC1.CC(=O)C1(CN2CCN(C3=Nc4ccc(C)cc4Cc4cc(C)ccc43)CC2)CC1.CC(=O)C1(CN2CCN(C3=Nc4ccc(Cl)cc4Cc4cc(C)ccc43)CC2)CC1. The highest BCUT2D eigenvalue weighted by atomic mass is 35.5. The van der Waals surface area contributed by atoms with Crippen molar-refractivity contribution in [1.29, 1.82) is 0 Å². The molecular formula is C77H92ClN9O3. The van der Waals surface area contributed by atoms with Gasteiger partial charge in [0.15, 0.2) is 0 Å². The molecule has 0 N–H and O–H groups in total. The van der Waals surface area contributed by atoms with Gasteiger partial charge in [-0.1, -0.05) is 132 Å². The van der Waals surface area contributed by atoms with Crippen LogP contribution < -0.4 is 0 Å². The summed E-state index contributed by atoms with van der Waals surface area (Å²) in [6, 6.07) is 39.4. The van der Waals surface area contributed by atoms with E-state index in [9.17, 15) is 14.4 Å². The van der Waals surface area contributed by atoms with E-state index in [0.29, 0.717) is 11.6 Å². The third-order valence-corrected chi connectivity index (χ3v) is 20.9. The van der Waals surface area contributed by atoms with E-state index in [4.69, 9.17) is 26.6 Å². The van der Waals surface area contributed by atoms with Crippen LogP contribution in [0.2, 0.25) is 5.02 Å². The minimum absolute atomic E-state index is 0.0388. The predicted molar refractivity (Wildman–Crippen MR) is 368 cm³/mol. The molecule has 3 saturated heterocycles. The van der Waals surface area contributed by atoms with E-state index in [1.807, 2.05) is 18.2 Å². The second-order valence-electron chi connectivity index (χ2n) is 28.3. The first-order valence-electron chi connectivity index (χ1n) is 33.1. The number of aryl methyl sites for hydroxylation is 5. The number of amidine groups is 3. The summed E-state index contributed by atoms with van der Waals surface area (Å²) in [4.78, 5) is 66.1. The van der Waals surface area contributed by atoms with Crippen LogP contribution in [0.3, 0.4) is 0 Å². The zero-order chi connectivity index (χ0) is 63.2. The van der Waals surface area contributed by atoms with Crippen LogP contribution in [0.15, 0.2) is 124 Å². The van der Waals surface area contributed by atoms with Crippen molar-refractivity contribution in [2.24, 2.45) is 31.2 Å². The summed E-state index contributed by atoms with van der Waals surface area (Å²) in [5, 5.41) is 0.759. The van der Waals surface area contributed by atoms with Crippen LogP contribution in [0, 0.1) is 50.9 Å². The van der Waals surface area contributed by atoms with Gasteiger partial charge in [0.25, 0.3) is 0 Å². The lowest BCUT2D eigenvalue weighted by Gasteiger charge is -2.39. The molecule has 12 nitrogen and oxygen atoms in total.